The molecular weight excluding hydrogens is 252 g/mol. The van der Waals surface area contributed by atoms with E-state index in [1.165, 1.54) is 30.0 Å². The molecule has 0 saturated heterocycles. The summed E-state index contributed by atoms with van der Waals surface area (Å²) in [6.07, 6.45) is 1.33. The van der Waals surface area contributed by atoms with Crippen LogP contribution in [-0.2, 0) is 16.1 Å². The van der Waals surface area contributed by atoms with Crippen molar-refractivity contribution in [2.24, 2.45) is 0 Å². The molecule has 19 heavy (non-hydrogen) atoms. The number of methoxy groups -OCH3 is 1. The number of carboxylic acid groups (broad SMARTS) is 1. The zero-order valence-electron chi connectivity index (χ0n) is 10.6. The van der Waals surface area contributed by atoms with E-state index in [1.807, 2.05) is 0 Å². The summed E-state index contributed by atoms with van der Waals surface area (Å²) in [4.78, 5) is 33.7. The molecule has 1 heterocycles. The summed E-state index contributed by atoms with van der Waals surface area (Å²) in [7, 11) is 1.53. The Bertz CT molecular complexity index is 509. The Kier molecular flexibility index (Phi) is 5.74. The maximum Gasteiger partial charge on any atom is 0.337 e. The van der Waals surface area contributed by atoms with E-state index in [0.29, 0.717) is 13.2 Å². The van der Waals surface area contributed by atoms with Gasteiger partial charge in [0, 0.05) is 38.9 Å². The van der Waals surface area contributed by atoms with E-state index in [0.717, 1.165) is 0 Å². The molecule has 0 spiro atoms. The van der Waals surface area contributed by atoms with Crippen LogP contribution >= 0.6 is 0 Å². The largest absolute Gasteiger partial charge is 0.478 e. The van der Waals surface area contributed by atoms with Gasteiger partial charge < -0.3 is 19.7 Å². The lowest BCUT2D eigenvalue weighted by Crippen LogP contribution is -2.29. The van der Waals surface area contributed by atoms with Gasteiger partial charge in [-0.15, -0.1) is 0 Å². The Hall–Kier alpha value is -2.15. The standard InChI is InChI=1S/C12H16N2O5/c1-19-7-5-13-10(15)4-6-14-8-9(12(17)18)2-3-11(14)16/h2-3,8H,4-7H2,1H3,(H,13,15)(H,17,18). The Morgan fingerprint density at radius 1 is 1.42 bits per heavy atom. The molecule has 0 bridgehead atoms. The summed E-state index contributed by atoms with van der Waals surface area (Å²) in [5.74, 6) is -1.33. The summed E-state index contributed by atoms with van der Waals surface area (Å²) in [5.41, 5.74) is -0.325. The second kappa shape index (κ2) is 7.32. The number of amides is 1. The molecule has 0 aliphatic heterocycles. The fraction of sp³-hybridized carbons (Fsp3) is 0.417. The van der Waals surface area contributed by atoms with E-state index in [4.69, 9.17) is 9.84 Å². The summed E-state index contributed by atoms with van der Waals surface area (Å²) in [6, 6.07) is 2.41. The lowest BCUT2D eigenvalue weighted by molar-refractivity contribution is -0.121. The van der Waals surface area contributed by atoms with Crippen LogP contribution in [0.5, 0.6) is 0 Å². The molecule has 0 fully saturated rings. The van der Waals surface area contributed by atoms with Crippen molar-refractivity contribution in [3.05, 3.63) is 34.2 Å². The van der Waals surface area contributed by atoms with Crippen LogP contribution < -0.4 is 10.9 Å². The third-order valence-electron chi connectivity index (χ3n) is 2.44. The van der Waals surface area contributed by atoms with Crippen molar-refractivity contribution in [3.8, 4) is 0 Å². The van der Waals surface area contributed by atoms with Gasteiger partial charge in [-0.1, -0.05) is 0 Å². The number of pyridine rings is 1. The van der Waals surface area contributed by atoms with Gasteiger partial charge in [0.05, 0.1) is 12.2 Å². The Morgan fingerprint density at radius 3 is 2.79 bits per heavy atom. The minimum Gasteiger partial charge on any atom is -0.478 e. The smallest absolute Gasteiger partial charge is 0.337 e. The van der Waals surface area contributed by atoms with E-state index < -0.39 is 5.97 Å². The Balaban J connectivity index is 2.57. The highest BCUT2D eigenvalue weighted by atomic mass is 16.5. The molecule has 104 valence electrons. The van der Waals surface area contributed by atoms with E-state index >= 15 is 0 Å². The fourth-order valence-electron chi connectivity index (χ4n) is 1.44. The molecule has 0 aliphatic carbocycles. The number of nitrogens with zero attached hydrogens (tertiary/aromatic N) is 1. The number of carbonyl (C=O) groups excluding carboxylic acids is 1. The molecule has 7 nitrogen and oxygen atoms in total. The third-order valence-corrected chi connectivity index (χ3v) is 2.44. The number of nitrogens with one attached hydrogen (secondary N) is 1. The van der Waals surface area contributed by atoms with Gasteiger partial charge in [-0.2, -0.15) is 0 Å². The van der Waals surface area contributed by atoms with Gasteiger partial charge in [-0.3, -0.25) is 9.59 Å². The first-order valence-corrected chi connectivity index (χ1v) is 5.74. The molecule has 0 saturated carbocycles. The van der Waals surface area contributed by atoms with E-state index in [2.05, 4.69) is 5.32 Å². The SMILES string of the molecule is COCCNC(=O)CCn1cc(C(=O)O)ccc1=O. The van der Waals surface area contributed by atoms with E-state index in [1.54, 1.807) is 0 Å². The van der Waals surface area contributed by atoms with Crippen molar-refractivity contribution < 1.29 is 19.4 Å². The van der Waals surface area contributed by atoms with Crippen LogP contribution in [0.2, 0.25) is 0 Å². The van der Waals surface area contributed by atoms with E-state index in [-0.39, 0.29) is 30.0 Å². The molecule has 2 N–H and O–H groups in total. The first-order valence-electron chi connectivity index (χ1n) is 5.74. The predicted molar refractivity (Wildman–Crippen MR) is 67.2 cm³/mol. The first-order chi connectivity index (χ1) is 9.04. The van der Waals surface area contributed by atoms with Crippen molar-refractivity contribution in [2.75, 3.05) is 20.3 Å². The summed E-state index contributed by atoms with van der Waals surface area (Å²) >= 11 is 0. The maximum atomic E-state index is 11.5. The minimum absolute atomic E-state index is 0.0133. The quantitative estimate of drug-likeness (QED) is 0.662. The van der Waals surface area contributed by atoms with Gasteiger partial charge in [-0.05, 0) is 6.07 Å². The van der Waals surface area contributed by atoms with Crippen molar-refractivity contribution in [1.82, 2.24) is 9.88 Å². The van der Waals surface area contributed by atoms with Crippen LogP contribution in [0.1, 0.15) is 16.8 Å². The third kappa shape index (κ3) is 4.92. The van der Waals surface area contributed by atoms with Crippen molar-refractivity contribution in [2.45, 2.75) is 13.0 Å². The molecule has 1 rings (SSSR count). The second-order valence-electron chi connectivity index (χ2n) is 3.85. The average Bonchev–Trinajstić information content (AvgIpc) is 2.37. The molecule has 1 amide bonds. The van der Waals surface area contributed by atoms with Crippen molar-refractivity contribution in [1.29, 1.82) is 0 Å². The number of carbonyl (C=O) groups is 2. The van der Waals surface area contributed by atoms with E-state index in [9.17, 15) is 14.4 Å². The van der Waals surface area contributed by atoms with Crippen LogP contribution in [0.4, 0.5) is 0 Å². The zero-order chi connectivity index (χ0) is 14.3. The molecule has 1 aromatic heterocycles. The van der Waals surface area contributed by atoms with Crippen LogP contribution in [0.25, 0.3) is 0 Å². The number of ether oxygens (including phenoxy) is 1. The lowest BCUT2D eigenvalue weighted by Gasteiger charge is -2.07. The number of rotatable bonds is 7. The van der Waals surface area contributed by atoms with Crippen LogP contribution in [-0.4, -0.2) is 41.8 Å². The molecule has 0 radical (unpaired) electrons. The van der Waals surface area contributed by atoms with Gasteiger partial charge in [-0.25, -0.2) is 4.79 Å². The molecule has 1 aromatic rings. The number of aryl methyl sites for hydroxylation is 1. The number of aromatic carboxylic acids is 1. The zero-order valence-corrected chi connectivity index (χ0v) is 10.6. The molecule has 0 aliphatic rings. The first kappa shape index (κ1) is 14.9. The molecular formula is C12H16N2O5. The topological polar surface area (TPSA) is 97.6 Å². The van der Waals surface area contributed by atoms with Gasteiger partial charge >= 0.3 is 5.97 Å². The summed E-state index contributed by atoms with van der Waals surface area (Å²) in [6.45, 7) is 0.957. The number of hydrogen-bond acceptors (Lipinski definition) is 4. The van der Waals surface area contributed by atoms with Gasteiger partial charge in [0.25, 0.3) is 5.56 Å². The normalized spacial score (nSPS) is 10.2. The number of aromatic nitrogens is 1. The summed E-state index contributed by atoms with van der Waals surface area (Å²) in [5, 5.41) is 11.4. The van der Waals surface area contributed by atoms with Crippen molar-refractivity contribution >= 4 is 11.9 Å². The minimum atomic E-state index is -1.11. The highest BCUT2D eigenvalue weighted by Gasteiger charge is 2.07. The van der Waals surface area contributed by atoms with Gasteiger partial charge in [0.2, 0.25) is 5.91 Å². The number of hydrogen-bond donors (Lipinski definition) is 2. The van der Waals surface area contributed by atoms with Crippen LogP contribution in [0, 0.1) is 0 Å². The second-order valence-corrected chi connectivity index (χ2v) is 3.85. The fourth-order valence-corrected chi connectivity index (χ4v) is 1.44. The molecule has 7 heteroatoms. The molecule has 0 aromatic carbocycles. The monoisotopic (exact) mass is 268 g/mol. The van der Waals surface area contributed by atoms with Crippen LogP contribution in [0.3, 0.4) is 0 Å². The highest BCUT2D eigenvalue weighted by Crippen LogP contribution is 1.96. The van der Waals surface area contributed by atoms with Gasteiger partial charge in [0.15, 0.2) is 0 Å². The Labute approximate surface area is 109 Å². The highest BCUT2D eigenvalue weighted by molar-refractivity contribution is 5.87. The molecule has 0 unspecified atom stereocenters. The van der Waals surface area contributed by atoms with Crippen molar-refractivity contribution in [3.63, 3.8) is 0 Å². The lowest BCUT2D eigenvalue weighted by atomic mass is 10.3. The summed E-state index contributed by atoms with van der Waals surface area (Å²) < 4.78 is 5.99. The predicted octanol–water partition coefficient (Wildman–Crippen LogP) is -0.301. The van der Waals surface area contributed by atoms with Crippen LogP contribution in [0.15, 0.2) is 23.1 Å². The maximum absolute atomic E-state index is 11.5. The average molecular weight is 268 g/mol. The van der Waals surface area contributed by atoms with Gasteiger partial charge in [0.1, 0.15) is 0 Å². The Morgan fingerprint density at radius 2 is 2.16 bits per heavy atom. The number of carboxylic acids is 1. The molecule has 0 atom stereocenters.